The number of halogens is 2. The van der Waals surface area contributed by atoms with Crippen molar-refractivity contribution in [2.75, 3.05) is 38.1 Å². The van der Waals surface area contributed by atoms with Crippen LogP contribution in [0, 0.1) is 5.82 Å². The minimum Gasteiger partial charge on any atom is -0.477 e. The Hall–Kier alpha value is -3.23. The van der Waals surface area contributed by atoms with Crippen LogP contribution in [-0.2, 0) is 6.42 Å². The molecule has 0 radical (unpaired) electrons. The van der Waals surface area contributed by atoms with Gasteiger partial charge in [0.2, 0.25) is 5.43 Å². The Kier molecular flexibility index (Phi) is 7.31. The summed E-state index contributed by atoms with van der Waals surface area (Å²) < 4.78 is 16.9. The molecule has 2 fully saturated rings. The topological polar surface area (TPSA) is 78.7 Å². The molecule has 5 rings (SSSR count). The lowest BCUT2D eigenvalue weighted by Crippen LogP contribution is -2.33. The van der Waals surface area contributed by atoms with Crippen LogP contribution in [0.2, 0.25) is 0 Å². The summed E-state index contributed by atoms with van der Waals surface area (Å²) in [5, 5.41) is 10.3. The van der Waals surface area contributed by atoms with Crippen molar-refractivity contribution < 1.29 is 14.3 Å². The summed E-state index contributed by atoms with van der Waals surface area (Å²) in [6.45, 7) is 2.70. The van der Waals surface area contributed by atoms with Crippen LogP contribution in [0.3, 0.4) is 0 Å². The Labute approximate surface area is 219 Å². The molecule has 3 aromatic rings. The maximum absolute atomic E-state index is 15.2. The zero-order valence-corrected chi connectivity index (χ0v) is 21.5. The Bertz CT molecular complexity index is 1410. The first kappa shape index (κ1) is 25.4. The lowest BCUT2D eigenvalue weighted by Gasteiger charge is -2.31. The van der Waals surface area contributed by atoms with Crippen molar-refractivity contribution in [3.8, 4) is 0 Å². The van der Waals surface area contributed by atoms with Gasteiger partial charge in [0, 0.05) is 43.4 Å². The van der Waals surface area contributed by atoms with E-state index in [0.717, 1.165) is 36.9 Å². The number of anilines is 1. The van der Waals surface area contributed by atoms with E-state index >= 15 is 4.39 Å². The third kappa shape index (κ3) is 5.55. The van der Waals surface area contributed by atoms with Gasteiger partial charge in [-0.2, -0.15) is 0 Å². The number of aromatic nitrogens is 2. The van der Waals surface area contributed by atoms with E-state index in [9.17, 15) is 14.7 Å². The molecule has 1 aliphatic heterocycles. The Morgan fingerprint density at radius 3 is 2.57 bits per heavy atom. The van der Waals surface area contributed by atoms with E-state index in [-0.39, 0.29) is 22.8 Å². The van der Waals surface area contributed by atoms with Crippen LogP contribution in [-0.4, -0.2) is 58.8 Å². The molecule has 194 valence electrons. The fourth-order valence-electron chi connectivity index (χ4n) is 4.89. The summed E-state index contributed by atoms with van der Waals surface area (Å²) in [4.78, 5) is 32.9. The number of hydrogen-bond donors (Lipinski definition) is 1. The Balaban J connectivity index is 1.30. The number of fused-ring (bicyclic) bond motifs is 1. The van der Waals surface area contributed by atoms with Crippen LogP contribution in [0.4, 0.5) is 10.2 Å². The molecule has 37 heavy (non-hydrogen) atoms. The largest absolute Gasteiger partial charge is 0.477 e. The molecule has 7 nitrogen and oxygen atoms in total. The molecule has 0 unspecified atom stereocenters. The van der Waals surface area contributed by atoms with Crippen LogP contribution in [0.5, 0.6) is 0 Å². The smallest absolute Gasteiger partial charge is 0.341 e. The molecule has 1 saturated carbocycles. The van der Waals surface area contributed by atoms with Gasteiger partial charge in [-0.05, 0) is 50.8 Å². The molecule has 2 aliphatic rings. The normalized spacial score (nSPS) is 16.0. The first-order chi connectivity index (χ1) is 17.8. The quantitative estimate of drug-likeness (QED) is 0.454. The standard InChI is InChI=1S/C28H30ClFN4O3/c1-32(12-9-18-5-3-2-4-6-18)17-23(29)19-10-13-33(14-11-19)27-24(30)15-21-25(35)22(28(36)37)16-34(20-7-8-20)26(21)31-27/h2-6,15-16,20H,7-14,17H2,1H3,(H,36,37). The van der Waals surface area contributed by atoms with Crippen LogP contribution in [0.15, 0.2) is 58.0 Å². The molecular formula is C28H30ClFN4O3. The highest BCUT2D eigenvalue weighted by Crippen LogP contribution is 2.37. The number of likely N-dealkylation sites (N-methyl/N-ethyl adjacent to an activating group) is 1. The average molecular weight is 525 g/mol. The van der Waals surface area contributed by atoms with Crippen LogP contribution in [0.1, 0.15) is 47.6 Å². The summed E-state index contributed by atoms with van der Waals surface area (Å²) >= 11 is 6.70. The summed E-state index contributed by atoms with van der Waals surface area (Å²) in [6.07, 6.45) is 5.47. The number of hydrogen-bond acceptors (Lipinski definition) is 5. The highest BCUT2D eigenvalue weighted by Gasteiger charge is 2.29. The molecule has 9 heteroatoms. The molecular weight excluding hydrogens is 495 g/mol. The molecule has 0 spiro atoms. The second-order valence-corrected chi connectivity index (χ2v) is 10.4. The third-order valence-corrected chi connectivity index (χ3v) is 7.58. The van der Waals surface area contributed by atoms with Crippen molar-refractivity contribution in [1.82, 2.24) is 14.5 Å². The van der Waals surface area contributed by atoms with Gasteiger partial charge in [0.15, 0.2) is 11.6 Å². The first-order valence-electron chi connectivity index (χ1n) is 12.6. The van der Waals surface area contributed by atoms with Gasteiger partial charge < -0.3 is 19.5 Å². The molecule has 0 atom stereocenters. The van der Waals surface area contributed by atoms with Crippen molar-refractivity contribution in [3.63, 3.8) is 0 Å². The molecule has 0 bridgehead atoms. The van der Waals surface area contributed by atoms with E-state index in [0.29, 0.717) is 38.1 Å². The minimum atomic E-state index is -1.32. The number of carbonyl (C=O) groups is 1. The highest BCUT2D eigenvalue weighted by atomic mass is 35.5. The van der Waals surface area contributed by atoms with E-state index in [2.05, 4.69) is 29.1 Å². The van der Waals surface area contributed by atoms with Crippen molar-refractivity contribution in [2.45, 2.75) is 38.1 Å². The van der Waals surface area contributed by atoms with Gasteiger partial charge in [-0.15, -0.1) is 0 Å². The zero-order chi connectivity index (χ0) is 26.1. The number of piperidine rings is 1. The molecule has 1 saturated heterocycles. The number of nitrogens with zero attached hydrogens (tertiary/aromatic N) is 4. The van der Waals surface area contributed by atoms with Gasteiger partial charge in [-0.25, -0.2) is 14.2 Å². The summed E-state index contributed by atoms with van der Waals surface area (Å²) in [5.41, 5.74) is 1.75. The maximum Gasteiger partial charge on any atom is 0.341 e. The number of carboxylic acid groups (broad SMARTS) is 1. The number of benzene rings is 1. The maximum atomic E-state index is 15.2. The van der Waals surface area contributed by atoms with Crippen molar-refractivity contribution in [3.05, 3.63) is 80.4 Å². The van der Waals surface area contributed by atoms with Gasteiger partial charge in [-0.3, -0.25) is 4.79 Å². The van der Waals surface area contributed by atoms with Crippen molar-refractivity contribution >= 4 is 34.4 Å². The van der Waals surface area contributed by atoms with Gasteiger partial charge in [0.05, 0.1) is 5.39 Å². The SMILES string of the molecule is CN(CCc1ccccc1)CC(Cl)=C1CCN(c2nc3c(cc2F)c(=O)c(C(=O)O)cn3C2CC2)CC1. The Morgan fingerprint density at radius 1 is 1.22 bits per heavy atom. The van der Waals surface area contributed by atoms with Crippen LogP contribution < -0.4 is 10.3 Å². The Morgan fingerprint density at radius 2 is 1.92 bits per heavy atom. The second-order valence-electron chi connectivity index (χ2n) is 9.95. The zero-order valence-electron chi connectivity index (χ0n) is 20.8. The fraction of sp³-hybridized carbons (Fsp3) is 0.393. The van der Waals surface area contributed by atoms with Gasteiger partial charge in [0.25, 0.3) is 0 Å². The summed E-state index contributed by atoms with van der Waals surface area (Å²) in [7, 11) is 2.06. The fourth-order valence-corrected chi connectivity index (χ4v) is 5.29. The van der Waals surface area contributed by atoms with Crippen LogP contribution >= 0.6 is 11.6 Å². The van der Waals surface area contributed by atoms with E-state index in [4.69, 9.17) is 11.6 Å². The molecule has 2 aromatic heterocycles. The molecule has 1 aromatic carbocycles. The average Bonchev–Trinajstić information content (AvgIpc) is 3.74. The summed E-state index contributed by atoms with van der Waals surface area (Å²) in [5.74, 6) is -1.74. The van der Waals surface area contributed by atoms with Crippen molar-refractivity contribution in [1.29, 1.82) is 0 Å². The highest BCUT2D eigenvalue weighted by molar-refractivity contribution is 6.30. The summed E-state index contributed by atoms with van der Waals surface area (Å²) in [6, 6.07) is 11.6. The molecule has 0 amide bonds. The number of rotatable bonds is 8. The third-order valence-electron chi connectivity index (χ3n) is 7.19. The second kappa shape index (κ2) is 10.6. The minimum absolute atomic E-state index is 0.00669. The first-order valence-corrected chi connectivity index (χ1v) is 13.0. The number of carboxylic acids is 1. The van der Waals surface area contributed by atoms with E-state index in [1.807, 2.05) is 23.1 Å². The number of pyridine rings is 2. The van der Waals surface area contributed by atoms with Gasteiger partial charge in [0.1, 0.15) is 11.2 Å². The van der Waals surface area contributed by atoms with Crippen molar-refractivity contribution in [2.24, 2.45) is 0 Å². The van der Waals surface area contributed by atoms with E-state index in [1.54, 1.807) is 4.57 Å². The molecule has 3 heterocycles. The van der Waals surface area contributed by atoms with E-state index < -0.39 is 17.2 Å². The van der Waals surface area contributed by atoms with Gasteiger partial charge >= 0.3 is 5.97 Å². The number of aromatic carboxylic acids is 1. The lowest BCUT2D eigenvalue weighted by atomic mass is 10.0. The van der Waals surface area contributed by atoms with Crippen LogP contribution in [0.25, 0.3) is 11.0 Å². The van der Waals surface area contributed by atoms with Gasteiger partial charge in [-0.1, -0.05) is 47.5 Å². The molecule has 1 N–H and O–H groups in total. The van der Waals surface area contributed by atoms with E-state index in [1.165, 1.54) is 17.3 Å². The predicted octanol–water partition coefficient (Wildman–Crippen LogP) is 4.84. The predicted molar refractivity (Wildman–Crippen MR) is 143 cm³/mol. The molecule has 1 aliphatic carbocycles. The monoisotopic (exact) mass is 524 g/mol. The lowest BCUT2D eigenvalue weighted by molar-refractivity contribution is 0.0695.